The topological polar surface area (TPSA) is 12.5 Å². The van der Waals surface area contributed by atoms with E-state index in [1.165, 1.54) is 0 Å². The van der Waals surface area contributed by atoms with Gasteiger partial charge in [0.2, 0.25) is 0 Å². The molecule has 0 aromatic carbocycles. The summed E-state index contributed by atoms with van der Waals surface area (Å²) in [5.74, 6) is 5.82. The van der Waals surface area contributed by atoms with Gasteiger partial charge in [-0.15, -0.1) is 11.8 Å². The minimum absolute atomic E-state index is 0.774. The first-order valence-corrected chi connectivity index (χ1v) is 4.97. The quantitative estimate of drug-likeness (QED) is 0.440. The molecule has 0 radical (unpaired) electrons. The van der Waals surface area contributed by atoms with Crippen LogP contribution in [-0.4, -0.2) is 38.3 Å². The third-order valence-corrected chi connectivity index (χ3v) is 1.92. The van der Waals surface area contributed by atoms with Crippen molar-refractivity contribution in [3.8, 4) is 11.8 Å². The summed E-state index contributed by atoms with van der Waals surface area (Å²) in [6.07, 6.45) is 1.98. The summed E-state index contributed by atoms with van der Waals surface area (Å²) >= 11 is 0. The molecule has 0 unspecified atom stereocenters. The minimum Gasteiger partial charge on any atom is -0.380 e. The largest absolute Gasteiger partial charge is 0.380 e. The van der Waals surface area contributed by atoms with Gasteiger partial charge in [-0.05, 0) is 26.9 Å². The van der Waals surface area contributed by atoms with Crippen LogP contribution in [0.25, 0.3) is 0 Å². The Labute approximate surface area is 82.3 Å². The van der Waals surface area contributed by atoms with Gasteiger partial charge in [-0.3, -0.25) is 0 Å². The van der Waals surface area contributed by atoms with Crippen LogP contribution in [-0.2, 0) is 4.74 Å². The van der Waals surface area contributed by atoms with E-state index in [2.05, 4.69) is 30.7 Å². The molecule has 0 aliphatic carbocycles. The van der Waals surface area contributed by atoms with Crippen molar-refractivity contribution < 1.29 is 4.74 Å². The Morgan fingerprint density at radius 3 is 2.69 bits per heavy atom. The Hall–Kier alpha value is -0.520. The number of rotatable bonds is 7. The van der Waals surface area contributed by atoms with E-state index in [9.17, 15) is 0 Å². The molecule has 0 fully saturated rings. The lowest BCUT2D eigenvalue weighted by atomic mass is 10.4. The van der Waals surface area contributed by atoms with E-state index in [4.69, 9.17) is 4.74 Å². The Balaban J connectivity index is 3.02. The van der Waals surface area contributed by atoms with E-state index in [0.717, 1.165) is 39.1 Å². The van der Waals surface area contributed by atoms with Crippen LogP contribution in [0.5, 0.6) is 0 Å². The zero-order valence-corrected chi connectivity index (χ0v) is 9.10. The van der Waals surface area contributed by atoms with Crippen LogP contribution < -0.4 is 0 Å². The predicted octanol–water partition coefficient (Wildman–Crippen LogP) is 1.76. The summed E-state index contributed by atoms with van der Waals surface area (Å²) in [4.78, 5) is 2.29. The SMILES string of the molecule is CC#CCCOCCCN(C)CC. The molecule has 0 saturated heterocycles. The number of ether oxygens (including phenoxy) is 1. The number of hydrogen-bond donors (Lipinski definition) is 0. The highest BCUT2D eigenvalue weighted by atomic mass is 16.5. The predicted molar refractivity (Wildman–Crippen MR) is 56.7 cm³/mol. The summed E-state index contributed by atoms with van der Waals surface area (Å²) in [6.45, 7) is 7.89. The van der Waals surface area contributed by atoms with Gasteiger partial charge >= 0.3 is 0 Å². The van der Waals surface area contributed by atoms with Crippen LogP contribution in [0.4, 0.5) is 0 Å². The Bertz CT molecular complexity index is 157. The summed E-state index contributed by atoms with van der Waals surface area (Å²) in [6, 6.07) is 0. The summed E-state index contributed by atoms with van der Waals surface area (Å²) in [7, 11) is 2.13. The Morgan fingerprint density at radius 1 is 1.31 bits per heavy atom. The van der Waals surface area contributed by atoms with Crippen molar-refractivity contribution in [1.29, 1.82) is 0 Å². The Morgan fingerprint density at radius 2 is 2.08 bits per heavy atom. The van der Waals surface area contributed by atoms with Gasteiger partial charge in [0.25, 0.3) is 0 Å². The Kier molecular flexibility index (Phi) is 9.18. The van der Waals surface area contributed by atoms with Crippen LogP contribution in [0, 0.1) is 11.8 Å². The van der Waals surface area contributed by atoms with Crippen LogP contribution in [0.1, 0.15) is 26.7 Å². The summed E-state index contributed by atoms with van der Waals surface area (Å²) in [5, 5.41) is 0. The molecular weight excluding hydrogens is 162 g/mol. The maximum Gasteiger partial charge on any atom is 0.0575 e. The fourth-order valence-electron chi connectivity index (χ4n) is 0.945. The van der Waals surface area contributed by atoms with Crippen LogP contribution in [0.2, 0.25) is 0 Å². The van der Waals surface area contributed by atoms with Crippen molar-refractivity contribution in [2.75, 3.05) is 33.4 Å². The fraction of sp³-hybridized carbons (Fsp3) is 0.818. The molecule has 0 bridgehead atoms. The van der Waals surface area contributed by atoms with Crippen LogP contribution in [0.3, 0.4) is 0 Å². The molecule has 76 valence electrons. The molecule has 2 nitrogen and oxygen atoms in total. The molecule has 13 heavy (non-hydrogen) atoms. The maximum atomic E-state index is 5.40. The lowest BCUT2D eigenvalue weighted by molar-refractivity contribution is 0.129. The molecule has 0 saturated carbocycles. The smallest absolute Gasteiger partial charge is 0.0575 e. The van der Waals surface area contributed by atoms with Crippen molar-refractivity contribution in [3.05, 3.63) is 0 Å². The van der Waals surface area contributed by atoms with E-state index < -0.39 is 0 Å². The van der Waals surface area contributed by atoms with E-state index in [1.54, 1.807) is 0 Å². The maximum absolute atomic E-state index is 5.40. The standard InChI is InChI=1S/C11H21NO/c1-4-6-7-10-13-11-8-9-12(3)5-2/h5,7-11H2,1-3H3. The second kappa shape index (κ2) is 9.57. The molecule has 0 aliphatic heterocycles. The van der Waals surface area contributed by atoms with Gasteiger partial charge in [-0.2, -0.15) is 0 Å². The second-order valence-corrected chi connectivity index (χ2v) is 3.04. The normalized spacial score (nSPS) is 9.85. The van der Waals surface area contributed by atoms with Gasteiger partial charge in [0.1, 0.15) is 0 Å². The third kappa shape index (κ3) is 9.39. The van der Waals surface area contributed by atoms with Gasteiger partial charge in [0.05, 0.1) is 6.61 Å². The second-order valence-electron chi connectivity index (χ2n) is 3.04. The van der Waals surface area contributed by atoms with Crippen molar-refractivity contribution in [2.24, 2.45) is 0 Å². The molecule has 0 aromatic rings. The monoisotopic (exact) mass is 183 g/mol. The molecule has 0 aromatic heterocycles. The first-order chi connectivity index (χ1) is 6.31. The van der Waals surface area contributed by atoms with Gasteiger partial charge in [0, 0.05) is 19.6 Å². The average Bonchev–Trinajstić information content (AvgIpc) is 2.16. The minimum atomic E-state index is 0.774. The fourth-order valence-corrected chi connectivity index (χ4v) is 0.945. The van der Waals surface area contributed by atoms with E-state index in [-0.39, 0.29) is 0 Å². The molecule has 0 rings (SSSR count). The van der Waals surface area contributed by atoms with E-state index >= 15 is 0 Å². The highest BCUT2D eigenvalue weighted by Gasteiger charge is 1.93. The zero-order valence-electron chi connectivity index (χ0n) is 9.10. The number of hydrogen-bond acceptors (Lipinski definition) is 2. The summed E-state index contributed by atoms with van der Waals surface area (Å²) < 4.78 is 5.40. The van der Waals surface area contributed by atoms with Crippen LogP contribution in [0.15, 0.2) is 0 Å². The van der Waals surface area contributed by atoms with E-state index in [0.29, 0.717) is 0 Å². The van der Waals surface area contributed by atoms with Crippen molar-refractivity contribution >= 4 is 0 Å². The van der Waals surface area contributed by atoms with Crippen molar-refractivity contribution in [1.82, 2.24) is 4.90 Å². The highest BCUT2D eigenvalue weighted by Crippen LogP contribution is 1.89. The zero-order chi connectivity index (χ0) is 9.94. The molecule has 0 N–H and O–H groups in total. The first-order valence-electron chi connectivity index (χ1n) is 4.97. The van der Waals surface area contributed by atoms with Gasteiger partial charge in [0.15, 0.2) is 0 Å². The molecule has 0 atom stereocenters. The third-order valence-electron chi connectivity index (χ3n) is 1.92. The average molecular weight is 183 g/mol. The molecule has 0 amide bonds. The first kappa shape index (κ1) is 12.5. The molecule has 2 heteroatoms. The van der Waals surface area contributed by atoms with Crippen molar-refractivity contribution in [3.63, 3.8) is 0 Å². The summed E-state index contributed by atoms with van der Waals surface area (Å²) in [5.41, 5.74) is 0. The lowest BCUT2D eigenvalue weighted by Gasteiger charge is -2.12. The molecule has 0 aliphatic rings. The highest BCUT2D eigenvalue weighted by molar-refractivity contribution is 4.94. The van der Waals surface area contributed by atoms with Gasteiger partial charge in [-0.25, -0.2) is 0 Å². The number of nitrogens with zero attached hydrogens (tertiary/aromatic N) is 1. The molecular formula is C11H21NO. The van der Waals surface area contributed by atoms with Gasteiger partial charge in [-0.1, -0.05) is 6.92 Å². The van der Waals surface area contributed by atoms with E-state index in [1.807, 2.05) is 6.92 Å². The molecule has 0 spiro atoms. The van der Waals surface area contributed by atoms with Crippen molar-refractivity contribution in [2.45, 2.75) is 26.7 Å². The molecule has 0 heterocycles. The van der Waals surface area contributed by atoms with Gasteiger partial charge < -0.3 is 9.64 Å². The lowest BCUT2D eigenvalue weighted by Crippen LogP contribution is -2.20. The van der Waals surface area contributed by atoms with Crippen LogP contribution >= 0.6 is 0 Å².